The summed E-state index contributed by atoms with van der Waals surface area (Å²) in [5.74, 6) is 0.602. The molecule has 1 N–H and O–H groups in total. The van der Waals surface area contributed by atoms with E-state index in [0.29, 0.717) is 16.5 Å². The zero-order valence-electron chi connectivity index (χ0n) is 11.8. The Morgan fingerprint density at radius 1 is 1.38 bits per heavy atom. The summed E-state index contributed by atoms with van der Waals surface area (Å²) in [7, 11) is 0. The number of nitrogens with zero attached hydrogens (tertiary/aromatic N) is 2. The van der Waals surface area contributed by atoms with Crippen molar-refractivity contribution in [1.29, 1.82) is 5.26 Å². The Balaban J connectivity index is 2.05. The molecule has 5 heteroatoms. The van der Waals surface area contributed by atoms with Crippen LogP contribution in [0.4, 0.5) is 0 Å². The number of benzene rings is 1. The summed E-state index contributed by atoms with van der Waals surface area (Å²) in [4.78, 5) is 4.00. The van der Waals surface area contributed by atoms with E-state index >= 15 is 0 Å². The Morgan fingerprint density at radius 2 is 2.24 bits per heavy atom. The number of pyridine rings is 1. The Morgan fingerprint density at radius 3 is 2.95 bits per heavy atom. The highest BCUT2D eigenvalue weighted by atomic mass is 35.5. The van der Waals surface area contributed by atoms with E-state index in [1.807, 2.05) is 30.3 Å². The smallest absolute Gasteiger partial charge is 0.147 e. The molecule has 1 heterocycles. The molecule has 2 aromatic rings. The summed E-state index contributed by atoms with van der Waals surface area (Å²) in [5.41, 5.74) is 2.22. The van der Waals surface area contributed by atoms with E-state index in [4.69, 9.17) is 21.6 Å². The first kappa shape index (κ1) is 15.3. The van der Waals surface area contributed by atoms with Gasteiger partial charge < -0.3 is 10.1 Å². The van der Waals surface area contributed by atoms with Gasteiger partial charge in [-0.1, -0.05) is 30.7 Å². The fourth-order valence-corrected chi connectivity index (χ4v) is 2.11. The van der Waals surface area contributed by atoms with Gasteiger partial charge >= 0.3 is 0 Å². The van der Waals surface area contributed by atoms with Crippen LogP contribution < -0.4 is 10.1 Å². The zero-order chi connectivity index (χ0) is 15.1. The summed E-state index contributed by atoms with van der Waals surface area (Å²) in [5, 5.41) is 12.8. The Bertz CT molecular complexity index is 652. The van der Waals surface area contributed by atoms with Crippen molar-refractivity contribution in [3.8, 4) is 11.8 Å². The molecular formula is C16H16ClN3O. The van der Waals surface area contributed by atoms with Crippen molar-refractivity contribution in [3.05, 3.63) is 58.4 Å². The molecule has 21 heavy (non-hydrogen) atoms. The van der Waals surface area contributed by atoms with Gasteiger partial charge in [0.1, 0.15) is 24.1 Å². The van der Waals surface area contributed by atoms with Crippen molar-refractivity contribution in [3.63, 3.8) is 0 Å². The Kier molecular flexibility index (Phi) is 5.56. The lowest BCUT2D eigenvalue weighted by molar-refractivity contribution is 0.305. The summed E-state index contributed by atoms with van der Waals surface area (Å²) in [6, 6.07) is 11.3. The van der Waals surface area contributed by atoms with Gasteiger partial charge in [-0.15, -0.1) is 0 Å². The topological polar surface area (TPSA) is 57.9 Å². The van der Waals surface area contributed by atoms with Crippen LogP contribution in [0.25, 0.3) is 0 Å². The molecule has 0 aliphatic heterocycles. The maximum Gasteiger partial charge on any atom is 0.147 e. The monoisotopic (exact) mass is 301 g/mol. The zero-order valence-corrected chi connectivity index (χ0v) is 12.5. The van der Waals surface area contributed by atoms with E-state index in [1.54, 1.807) is 12.3 Å². The molecule has 0 amide bonds. The van der Waals surface area contributed by atoms with Crippen LogP contribution in [0.5, 0.6) is 5.75 Å². The van der Waals surface area contributed by atoms with Crippen molar-refractivity contribution in [2.45, 2.75) is 20.1 Å². The number of ether oxygens (including phenoxy) is 1. The minimum Gasteiger partial charge on any atom is -0.487 e. The predicted molar refractivity (Wildman–Crippen MR) is 82.1 cm³/mol. The highest BCUT2D eigenvalue weighted by Gasteiger charge is 2.06. The quantitative estimate of drug-likeness (QED) is 0.889. The second kappa shape index (κ2) is 7.63. The normalized spacial score (nSPS) is 10.1. The first-order valence-electron chi connectivity index (χ1n) is 6.70. The Hall–Kier alpha value is -2.09. The third-order valence-electron chi connectivity index (χ3n) is 2.96. The lowest BCUT2D eigenvalue weighted by atomic mass is 10.2. The van der Waals surface area contributed by atoms with E-state index in [2.05, 4.69) is 17.2 Å². The predicted octanol–water partition coefficient (Wildman–Crippen LogP) is 3.30. The molecule has 0 bridgehead atoms. The van der Waals surface area contributed by atoms with Gasteiger partial charge in [-0.25, -0.2) is 4.98 Å². The number of nitriles is 1. The molecule has 0 radical (unpaired) electrons. The summed E-state index contributed by atoms with van der Waals surface area (Å²) >= 11 is 6.21. The van der Waals surface area contributed by atoms with Gasteiger partial charge in [-0.05, 0) is 30.3 Å². The number of nitrogens with one attached hydrogen (secondary N) is 1. The maximum atomic E-state index is 8.99. The van der Waals surface area contributed by atoms with Crippen LogP contribution in [-0.2, 0) is 13.2 Å². The van der Waals surface area contributed by atoms with Gasteiger partial charge in [0.25, 0.3) is 0 Å². The average Bonchev–Trinajstić information content (AvgIpc) is 2.52. The highest BCUT2D eigenvalue weighted by molar-refractivity contribution is 6.32. The van der Waals surface area contributed by atoms with Gasteiger partial charge in [-0.2, -0.15) is 5.26 Å². The van der Waals surface area contributed by atoms with Gasteiger partial charge in [0.15, 0.2) is 0 Å². The number of aromatic nitrogens is 1. The van der Waals surface area contributed by atoms with Crippen LogP contribution in [0.15, 0.2) is 36.5 Å². The van der Waals surface area contributed by atoms with E-state index in [9.17, 15) is 0 Å². The third-order valence-corrected chi connectivity index (χ3v) is 3.25. The van der Waals surface area contributed by atoms with Gasteiger partial charge in [-0.3, -0.25) is 0 Å². The maximum absolute atomic E-state index is 8.99. The molecule has 0 saturated carbocycles. The molecule has 0 spiro atoms. The van der Waals surface area contributed by atoms with Gasteiger partial charge in [0.2, 0.25) is 0 Å². The molecule has 0 aliphatic rings. The van der Waals surface area contributed by atoms with Crippen molar-refractivity contribution in [1.82, 2.24) is 10.3 Å². The molecule has 0 aliphatic carbocycles. The van der Waals surface area contributed by atoms with E-state index in [1.165, 1.54) is 0 Å². The summed E-state index contributed by atoms with van der Waals surface area (Å²) < 4.78 is 5.68. The summed E-state index contributed by atoms with van der Waals surface area (Å²) in [6.45, 7) is 4.01. The van der Waals surface area contributed by atoms with E-state index in [-0.39, 0.29) is 6.61 Å². The number of halogens is 1. The second-order valence-corrected chi connectivity index (χ2v) is 4.86. The number of hydrogen-bond acceptors (Lipinski definition) is 4. The molecular weight excluding hydrogens is 286 g/mol. The second-order valence-electron chi connectivity index (χ2n) is 4.46. The van der Waals surface area contributed by atoms with E-state index < -0.39 is 0 Å². The van der Waals surface area contributed by atoms with Gasteiger partial charge in [0.05, 0.1) is 5.02 Å². The van der Waals surface area contributed by atoms with Crippen LogP contribution in [0, 0.1) is 11.3 Å². The van der Waals surface area contributed by atoms with Crippen LogP contribution in [-0.4, -0.2) is 11.5 Å². The molecule has 0 saturated heterocycles. The minimum absolute atomic E-state index is 0.267. The Labute approximate surface area is 129 Å². The number of hydrogen-bond donors (Lipinski definition) is 1. The van der Waals surface area contributed by atoms with Crippen LogP contribution in [0.1, 0.15) is 23.7 Å². The third kappa shape index (κ3) is 4.19. The van der Waals surface area contributed by atoms with E-state index in [0.717, 1.165) is 24.2 Å². The SMILES string of the molecule is CCNCc1ccc(OCc2cccnc2C#N)c(Cl)c1. The van der Waals surface area contributed by atoms with Crippen LogP contribution in [0.3, 0.4) is 0 Å². The molecule has 2 rings (SSSR count). The molecule has 0 unspecified atom stereocenters. The van der Waals surface area contributed by atoms with Crippen molar-refractivity contribution in [2.24, 2.45) is 0 Å². The largest absolute Gasteiger partial charge is 0.487 e. The van der Waals surface area contributed by atoms with Crippen LogP contribution in [0.2, 0.25) is 5.02 Å². The van der Waals surface area contributed by atoms with Crippen molar-refractivity contribution < 1.29 is 4.74 Å². The molecule has 1 aromatic heterocycles. The first-order valence-corrected chi connectivity index (χ1v) is 7.08. The highest BCUT2D eigenvalue weighted by Crippen LogP contribution is 2.26. The molecule has 0 atom stereocenters. The fraction of sp³-hybridized carbons (Fsp3) is 0.250. The molecule has 0 fully saturated rings. The lowest BCUT2D eigenvalue weighted by Crippen LogP contribution is -2.11. The lowest BCUT2D eigenvalue weighted by Gasteiger charge is -2.10. The average molecular weight is 302 g/mol. The fourth-order valence-electron chi connectivity index (χ4n) is 1.85. The van der Waals surface area contributed by atoms with Crippen molar-refractivity contribution >= 4 is 11.6 Å². The molecule has 4 nitrogen and oxygen atoms in total. The van der Waals surface area contributed by atoms with Crippen LogP contribution >= 0.6 is 11.6 Å². The number of rotatable bonds is 6. The minimum atomic E-state index is 0.267. The van der Waals surface area contributed by atoms with Gasteiger partial charge in [0, 0.05) is 18.3 Å². The molecule has 108 valence electrons. The van der Waals surface area contributed by atoms with Crippen molar-refractivity contribution in [2.75, 3.05) is 6.54 Å². The first-order chi connectivity index (χ1) is 10.2. The summed E-state index contributed by atoms with van der Waals surface area (Å²) in [6.07, 6.45) is 1.59. The molecule has 1 aromatic carbocycles. The standard InChI is InChI=1S/C16H16ClN3O/c1-2-19-10-12-5-6-16(14(17)8-12)21-11-13-4-3-7-20-15(13)9-18/h3-8,19H,2,10-11H2,1H3.